The lowest BCUT2D eigenvalue weighted by atomic mass is 9.65. The Morgan fingerprint density at radius 1 is 1.23 bits per heavy atom. The summed E-state index contributed by atoms with van der Waals surface area (Å²) in [6, 6.07) is 6.19. The van der Waals surface area contributed by atoms with E-state index in [2.05, 4.69) is 15.2 Å². The summed E-state index contributed by atoms with van der Waals surface area (Å²) in [6.07, 6.45) is 2.59. The first-order valence-electron chi connectivity index (χ1n) is 8.13. The van der Waals surface area contributed by atoms with E-state index in [4.69, 9.17) is 0 Å². The number of benzene rings is 1. The Morgan fingerprint density at radius 2 is 2.05 bits per heavy atom. The molecular formula is C17H19N3OS. The highest BCUT2D eigenvalue weighted by atomic mass is 32.1. The molecule has 0 spiro atoms. The summed E-state index contributed by atoms with van der Waals surface area (Å²) in [4.78, 5) is 19.5. The van der Waals surface area contributed by atoms with Crippen molar-refractivity contribution in [3.05, 3.63) is 29.3 Å². The highest BCUT2D eigenvalue weighted by molar-refractivity contribution is 7.16. The molecule has 5 heteroatoms. The first-order chi connectivity index (χ1) is 10.8. The fraction of sp³-hybridized carbons (Fsp3) is 0.529. The van der Waals surface area contributed by atoms with Crippen molar-refractivity contribution in [1.29, 1.82) is 0 Å². The number of nitrogens with one attached hydrogen (secondary N) is 1. The second-order valence-electron chi connectivity index (χ2n) is 7.11. The number of amides is 1. The van der Waals surface area contributed by atoms with E-state index in [-0.39, 0.29) is 5.91 Å². The molecule has 2 unspecified atom stereocenters. The molecule has 4 bridgehead atoms. The predicted octanol–water partition coefficient (Wildman–Crippen LogP) is 2.37. The molecule has 114 valence electrons. The van der Waals surface area contributed by atoms with Crippen LogP contribution in [0.25, 0.3) is 10.2 Å². The van der Waals surface area contributed by atoms with Gasteiger partial charge >= 0.3 is 0 Å². The molecule has 4 aliphatic rings. The van der Waals surface area contributed by atoms with Crippen molar-refractivity contribution in [2.45, 2.75) is 18.9 Å². The second-order valence-corrected chi connectivity index (χ2v) is 8.00. The van der Waals surface area contributed by atoms with E-state index in [9.17, 15) is 4.79 Å². The summed E-state index contributed by atoms with van der Waals surface area (Å²) in [5.74, 6) is 2.27. The Kier molecular flexibility index (Phi) is 2.82. The van der Waals surface area contributed by atoms with Crippen LogP contribution in [0.15, 0.2) is 23.7 Å². The van der Waals surface area contributed by atoms with Crippen LogP contribution < -0.4 is 5.32 Å². The monoisotopic (exact) mass is 313 g/mol. The van der Waals surface area contributed by atoms with Gasteiger partial charge in [-0.05, 0) is 48.8 Å². The second kappa shape index (κ2) is 4.77. The smallest absolute Gasteiger partial charge is 0.251 e. The van der Waals surface area contributed by atoms with E-state index in [1.54, 1.807) is 11.3 Å². The number of piperidine rings is 3. The van der Waals surface area contributed by atoms with E-state index >= 15 is 0 Å². The van der Waals surface area contributed by atoms with Crippen LogP contribution in [0.3, 0.4) is 0 Å². The third-order valence-electron chi connectivity index (χ3n) is 5.68. The van der Waals surface area contributed by atoms with Crippen LogP contribution >= 0.6 is 11.3 Å². The fourth-order valence-corrected chi connectivity index (χ4v) is 5.59. The Labute approximate surface area is 133 Å². The minimum absolute atomic E-state index is 0.0859. The molecule has 3 aliphatic heterocycles. The minimum atomic E-state index is 0.0859. The van der Waals surface area contributed by atoms with Crippen LogP contribution in [0.5, 0.6) is 0 Å². The predicted molar refractivity (Wildman–Crippen MR) is 87.0 cm³/mol. The molecule has 1 aromatic carbocycles. The number of aromatic nitrogens is 1. The molecule has 1 amide bonds. The van der Waals surface area contributed by atoms with Crippen LogP contribution in [0.1, 0.15) is 23.2 Å². The van der Waals surface area contributed by atoms with Gasteiger partial charge in [0, 0.05) is 31.2 Å². The van der Waals surface area contributed by atoms with E-state index < -0.39 is 0 Å². The van der Waals surface area contributed by atoms with Gasteiger partial charge in [-0.25, -0.2) is 4.98 Å². The van der Waals surface area contributed by atoms with Gasteiger partial charge in [-0.3, -0.25) is 4.79 Å². The molecule has 4 heterocycles. The van der Waals surface area contributed by atoms with Crippen molar-refractivity contribution < 1.29 is 4.79 Å². The maximum atomic E-state index is 12.7. The summed E-state index contributed by atoms with van der Waals surface area (Å²) < 4.78 is 1.09. The SMILES string of the molecule is O=C(NC1C2CC3CC1CN(C3)C2)c1ccc2ncsc2c1. The van der Waals surface area contributed by atoms with E-state index in [1.165, 1.54) is 32.5 Å². The lowest BCUT2D eigenvalue weighted by Crippen LogP contribution is -2.64. The highest BCUT2D eigenvalue weighted by Gasteiger charge is 2.47. The molecule has 2 atom stereocenters. The van der Waals surface area contributed by atoms with Crippen molar-refractivity contribution in [3.8, 4) is 0 Å². The molecular weight excluding hydrogens is 294 g/mol. The highest BCUT2D eigenvalue weighted by Crippen LogP contribution is 2.43. The van der Waals surface area contributed by atoms with Crippen molar-refractivity contribution in [2.75, 3.05) is 19.6 Å². The zero-order valence-electron chi connectivity index (χ0n) is 12.4. The maximum absolute atomic E-state index is 12.7. The Morgan fingerprint density at radius 3 is 2.82 bits per heavy atom. The maximum Gasteiger partial charge on any atom is 0.251 e. The van der Waals surface area contributed by atoms with E-state index in [0.29, 0.717) is 17.9 Å². The molecule has 2 aromatic rings. The lowest BCUT2D eigenvalue weighted by Gasteiger charge is -2.55. The minimum Gasteiger partial charge on any atom is -0.349 e. The molecule has 22 heavy (non-hydrogen) atoms. The number of hydrogen-bond acceptors (Lipinski definition) is 4. The first kappa shape index (κ1) is 13.0. The summed E-state index contributed by atoms with van der Waals surface area (Å²) >= 11 is 1.59. The molecule has 3 saturated heterocycles. The molecule has 6 rings (SSSR count). The third-order valence-corrected chi connectivity index (χ3v) is 6.47. The van der Waals surface area contributed by atoms with Gasteiger partial charge in [0.05, 0.1) is 15.7 Å². The summed E-state index contributed by atoms with van der Waals surface area (Å²) in [7, 11) is 0. The van der Waals surface area contributed by atoms with Gasteiger partial charge in [-0.2, -0.15) is 0 Å². The number of nitrogens with zero attached hydrogens (tertiary/aromatic N) is 2. The largest absolute Gasteiger partial charge is 0.349 e. The van der Waals surface area contributed by atoms with Crippen LogP contribution in [-0.4, -0.2) is 41.5 Å². The van der Waals surface area contributed by atoms with Crippen molar-refractivity contribution >= 4 is 27.5 Å². The third kappa shape index (κ3) is 1.99. The van der Waals surface area contributed by atoms with E-state index in [1.807, 2.05) is 23.7 Å². The van der Waals surface area contributed by atoms with Gasteiger partial charge < -0.3 is 10.2 Å². The molecule has 4 fully saturated rings. The van der Waals surface area contributed by atoms with Gasteiger partial charge in [-0.15, -0.1) is 11.3 Å². The number of thiazole rings is 1. The Balaban J connectivity index is 1.38. The van der Waals surface area contributed by atoms with Gasteiger partial charge in [-0.1, -0.05) is 0 Å². The Bertz CT molecular complexity index is 712. The van der Waals surface area contributed by atoms with E-state index in [0.717, 1.165) is 21.7 Å². The summed E-state index contributed by atoms with van der Waals surface area (Å²) in [6.45, 7) is 3.63. The summed E-state index contributed by atoms with van der Waals surface area (Å²) in [5, 5.41) is 3.35. The zero-order chi connectivity index (χ0) is 14.7. The topological polar surface area (TPSA) is 45.2 Å². The average molecular weight is 313 g/mol. The average Bonchev–Trinajstić information content (AvgIpc) is 2.97. The summed E-state index contributed by atoms with van der Waals surface area (Å²) in [5.41, 5.74) is 3.58. The Hall–Kier alpha value is -1.46. The molecule has 1 aliphatic carbocycles. The number of rotatable bonds is 2. The van der Waals surface area contributed by atoms with Crippen LogP contribution in [0, 0.1) is 17.8 Å². The van der Waals surface area contributed by atoms with Gasteiger partial charge in [0.15, 0.2) is 0 Å². The van der Waals surface area contributed by atoms with Crippen molar-refractivity contribution in [3.63, 3.8) is 0 Å². The number of carbonyl (C=O) groups excluding carboxylic acids is 1. The van der Waals surface area contributed by atoms with Gasteiger partial charge in [0.1, 0.15) is 0 Å². The van der Waals surface area contributed by atoms with Crippen molar-refractivity contribution in [2.24, 2.45) is 17.8 Å². The molecule has 1 saturated carbocycles. The molecule has 4 nitrogen and oxygen atoms in total. The van der Waals surface area contributed by atoms with Crippen LogP contribution in [-0.2, 0) is 0 Å². The first-order valence-corrected chi connectivity index (χ1v) is 9.01. The van der Waals surface area contributed by atoms with Crippen LogP contribution in [0.2, 0.25) is 0 Å². The number of fused-ring (bicyclic) bond motifs is 1. The molecule has 1 aromatic heterocycles. The standard InChI is InChI=1S/C17H19N3OS/c21-17(11-1-2-14-15(5-11)22-9-18-14)19-16-12-3-10-4-13(16)8-20(6-10)7-12/h1-2,5,9-10,12-13,16H,3-4,6-8H2,(H,19,21). The fourth-order valence-electron chi connectivity index (χ4n) is 4.87. The lowest BCUT2D eigenvalue weighted by molar-refractivity contribution is -0.0418. The van der Waals surface area contributed by atoms with Crippen molar-refractivity contribution in [1.82, 2.24) is 15.2 Å². The zero-order valence-corrected chi connectivity index (χ0v) is 13.2. The quantitative estimate of drug-likeness (QED) is 0.926. The number of carbonyl (C=O) groups is 1. The molecule has 1 N–H and O–H groups in total. The van der Waals surface area contributed by atoms with Crippen LogP contribution in [0.4, 0.5) is 0 Å². The van der Waals surface area contributed by atoms with Gasteiger partial charge in [0.2, 0.25) is 0 Å². The normalized spacial score (nSPS) is 35.9. The number of hydrogen-bond donors (Lipinski definition) is 1. The molecule has 0 radical (unpaired) electrons. The van der Waals surface area contributed by atoms with Gasteiger partial charge in [0.25, 0.3) is 5.91 Å².